The molecule has 1 aliphatic carbocycles. The Bertz CT molecular complexity index is 903. The zero-order chi connectivity index (χ0) is 18.3. The summed E-state index contributed by atoms with van der Waals surface area (Å²) in [6.07, 6.45) is 0. The molecule has 2 fully saturated rings. The Labute approximate surface area is 151 Å². The van der Waals surface area contributed by atoms with E-state index in [2.05, 4.69) is 21.8 Å². The first-order valence-corrected chi connectivity index (χ1v) is 9.95. The highest BCUT2D eigenvalue weighted by molar-refractivity contribution is 7.89. The van der Waals surface area contributed by atoms with Crippen LogP contribution in [0.25, 0.3) is 0 Å². The second-order valence-corrected chi connectivity index (χ2v) is 8.62. The maximum absolute atomic E-state index is 12.5. The summed E-state index contributed by atoms with van der Waals surface area (Å²) in [5.41, 5.74) is 1.14. The summed E-state index contributed by atoms with van der Waals surface area (Å²) in [5.74, 6) is 0.679. The normalized spacial score (nSPS) is 25.0. The zero-order valence-electron chi connectivity index (χ0n) is 14.0. The van der Waals surface area contributed by atoms with E-state index in [1.807, 2.05) is 18.2 Å². The van der Waals surface area contributed by atoms with Gasteiger partial charge in [0.25, 0.3) is 5.69 Å². The number of sulfonamides is 1. The summed E-state index contributed by atoms with van der Waals surface area (Å²) in [4.78, 5) is 12.5. The summed E-state index contributed by atoms with van der Waals surface area (Å²) in [6.45, 7) is 2.65. The topological polar surface area (TPSA) is 92.5 Å². The molecule has 1 heterocycles. The molecule has 2 aliphatic rings. The molecule has 0 radical (unpaired) electrons. The van der Waals surface area contributed by atoms with Gasteiger partial charge in [-0.2, -0.15) is 0 Å². The average molecular weight is 373 g/mol. The van der Waals surface area contributed by atoms with Crippen LogP contribution in [0.5, 0.6) is 0 Å². The van der Waals surface area contributed by atoms with Crippen LogP contribution in [0.2, 0.25) is 0 Å². The highest BCUT2D eigenvalue weighted by atomic mass is 32.2. The molecule has 0 bridgehead atoms. The summed E-state index contributed by atoms with van der Waals surface area (Å²) in [5, 5.41) is 10.7. The monoisotopic (exact) mass is 373 g/mol. The van der Waals surface area contributed by atoms with Gasteiger partial charge in [-0.1, -0.05) is 30.3 Å². The molecule has 1 aliphatic heterocycles. The Morgan fingerprint density at radius 3 is 2.23 bits per heavy atom. The second-order valence-electron chi connectivity index (χ2n) is 6.91. The number of hydrogen-bond acceptors (Lipinski definition) is 5. The van der Waals surface area contributed by atoms with E-state index in [4.69, 9.17) is 0 Å². The minimum absolute atomic E-state index is 0.0396. The molecule has 0 amide bonds. The number of nitrogens with zero attached hydrogens (tertiary/aromatic N) is 2. The molecule has 0 spiro atoms. The van der Waals surface area contributed by atoms with Crippen LogP contribution >= 0.6 is 0 Å². The molecule has 26 heavy (non-hydrogen) atoms. The summed E-state index contributed by atoms with van der Waals surface area (Å²) < 4.78 is 27.7. The number of likely N-dealkylation sites (tertiary alicyclic amines) is 1. The molecule has 8 heteroatoms. The maximum Gasteiger partial charge on any atom is 0.269 e. The van der Waals surface area contributed by atoms with Crippen molar-refractivity contribution in [3.8, 4) is 0 Å². The van der Waals surface area contributed by atoms with E-state index >= 15 is 0 Å². The van der Waals surface area contributed by atoms with Crippen molar-refractivity contribution in [3.05, 3.63) is 70.3 Å². The van der Waals surface area contributed by atoms with Crippen LogP contribution in [-0.2, 0) is 16.6 Å². The van der Waals surface area contributed by atoms with Crippen molar-refractivity contribution in [1.82, 2.24) is 9.62 Å². The summed E-state index contributed by atoms with van der Waals surface area (Å²) >= 11 is 0. The van der Waals surface area contributed by atoms with Crippen molar-refractivity contribution < 1.29 is 13.3 Å². The van der Waals surface area contributed by atoms with Crippen molar-refractivity contribution in [3.63, 3.8) is 0 Å². The molecule has 1 saturated heterocycles. The second kappa shape index (κ2) is 6.46. The summed E-state index contributed by atoms with van der Waals surface area (Å²) in [7, 11) is -3.65. The Balaban J connectivity index is 1.34. The van der Waals surface area contributed by atoms with Gasteiger partial charge in [-0.15, -0.1) is 0 Å². The molecule has 0 aromatic heterocycles. The van der Waals surface area contributed by atoms with Gasteiger partial charge in [0, 0.05) is 37.8 Å². The van der Waals surface area contributed by atoms with Crippen LogP contribution in [0.3, 0.4) is 0 Å². The van der Waals surface area contributed by atoms with Crippen molar-refractivity contribution >= 4 is 15.7 Å². The molecule has 2 aromatic carbocycles. The standard InChI is InChI=1S/C18H19N3O4S/c22-21(23)14-6-8-15(9-7-14)26(24,25)19-18-16-11-20(12-17(16)18)10-13-4-2-1-3-5-13/h1-9,16-19H,10-12H2. The number of benzene rings is 2. The number of non-ortho nitro benzene ring substituents is 1. The molecule has 2 unspecified atom stereocenters. The van der Waals surface area contributed by atoms with Crippen molar-refractivity contribution in [1.29, 1.82) is 0 Å². The molecule has 1 saturated carbocycles. The minimum Gasteiger partial charge on any atom is -0.298 e. The Hall–Kier alpha value is -2.29. The smallest absolute Gasteiger partial charge is 0.269 e. The van der Waals surface area contributed by atoms with E-state index in [9.17, 15) is 18.5 Å². The first kappa shape index (κ1) is 17.1. The number of piperidine rings is 1. The molecular formula is C18H19N3O4S. The molecule has 2 aromatic rings. The van der Waals surface area contributed by atoms with Gasteiger partial charge in [0.15, 0.2) is 0 Å². The third kappa shape index (κ3) is 3.35. The van der Waals surface area contributed by atoms with E-state index in [0.717, 1.165) is 19.6 Å². The van der Waals surface area contributed by atoms with Crippen LogP contribution in [0.15, 0.2) is 59.5 Å². The number of fused-ring (bicyclic) bond motifs is 1. The molecule has 7 nitrogen and oxygen atoms in total. The van der Waals surface area contributed by atoms with Gasteiger partial charge in [0.2, 0.25) is 10.0 Å². The van der Waals surface area contributed by atoms with E-state index in [1.54, 1.807) is 0 Å². The summed E-state index contributed by atoms with van der Waals surface area (Å²) in [6, 6.07) is 15.2. The van der Waals surface area contributed by atoms with Gasteiger partial charge in [-0.25, -0.2) is 13.1 Å². The fourth-order valence-electron chi connectivity index (χ4n) is 3.75. The first-order valence-electron chi connectivity index (χ1n) is 8.47. The van der Waals surface area contributed by atoms with Gasteiger partial charge in [0.05, 0.1) is 9.82 Å². The fraction of sp³-hybridized carbons (Fsp3) is 0.333. The van der Waals surface area contributed by atoms with Crippen molar-refractivity contribution in [2.75, 3.05) is 13.1 Å². The van der Waals surface area contributed by atoms with Gasteiger partial charge in [-0.05, 0) is 29.5 Å². The van der Waals surface area contributed by atoms with E-state index in [0.29, 0.717) is 11.8 Å². The predicted molar refractivity (Wildman–Crippen MR) is 95.9 cm³/mol. The molecular weight excluding hydrogens is 354 g/mol. The Morgan fingerprint density at radius 2 is 1.65 bits per heavy atom. The third-order valence-corrected chi connectivity index (χ3v) is 6.64. The van der Waals surface area contributed by atoms with Crippen LogP contribution in [0.4, 0.5) is 5.69 Å². The molecule has 2 atom stereocenters. The Morgan fingerprint density at radius 1 is 1.04 bits per heavy atom. The SMILES string of the molecule is O=[N+]([O-])c1ccc(S(=O)(=O)NC2C3CN(Cc4ccccc4)CC32)cc1. The highest BCUT2D eigenvalue weighted by Gasteiger charge is 2.56. The molecule has 4 rings (SSSR count). The number of nitro benzene ring substituents is 1. The highest BCUT2D eigenvalue weighted by Crippen LogP contribution is 2.46. The van der Waals surface area contributed by atoms with Gasteiger partial charge < -0.3 is 0 Å². The predicted octanol–water partition coefficient (Wildman–Crippen LogP) is 2.00. The van der Waals surface area contributed by atoms with E-state index in [-0.39, 0.29) is 16.6 Å². The van der Waals surface area contributed by atoms with Crippen molar-refractivity contribution in [2.24, 2.45) is 11.8 Å². The molecule has 1 N–H and O–H groups in total. The lowest BCUT2D eigenvalue weighted by atomic mass is 10.2. The average Bonchev–Trinajstić information content (AvgIpc) is 3.05. The fourth-order valence-corrected chi connectivity index (χ4v) is 5.09. The number of nitro groups is 1. The van der Waals surface area contributed by atoms with Gasteiger partial charge in [-0.3, -0.25) is 15.0 Å². The van der Waals surface area contributed by atoms with Gasteiger partial charge >= 0.3 is 0 Å². The van der Waals surface area contributed by atoms with Crippen LogP contribution < -0.4 is 4.72 Å². The Kier molecular flexibility index (Phi) is 4.26. The largest absolute Gasteiger partial charge is 0.298 e. The number of nitrogens with one attached hydrogen (secondary N) is 1. The lowest BCUT2D eigenvalue weighted by Crippen LogP contribution is -2.34. The first-order chi connectivity index (χ1) is 12.4. The van der Waals surface area contributed by atoms with E-state index in [1.165, 1.54) is 29.8 Å². The lowest BCUT2D eigenvalue weighted by molar-refractivity contribution is -0.384. The van der Waals surface area contributed by atoms with Crippen LogP contribution in [-0.4, -0.2) is 37.4 Å². The minimum atomic E-state index is -3.65. The number of rotatable bonds is 6. The quantitative estimate of drug-likeness (QED) is 0.618. The number of hydrogen-bond donors (Lipinski definition) is 1. The van der Waals surface area contributed by atoms with Crippen LogP contribution in [0, 0.1) is 22.0 Å². The van der Waals surface area contributed by atoms with Crippen LogP contribution in [0.1, 0.15) is 5.56 Å². The van der Waals surface area contributed by atoms with Gasteiger partial charge in [0.1, 0.15) is 0 Å². The lowest BCUT2D eigenvalue weighted by Gasteiger charge is -2.19. The van der Waals surface area contributed by atoms with Crippen molar-refractivity contribution in [2.45, 2.75) is 17.5 Å². The maximum atomic E-state index is 12.5. The van der Waals surface area contributed by atoms with E-state index < -0.39 is 14.9 Å². The zero-order valence-corrected chi connectivity index (χ0v) is 14.8. The molecule has 136 valence electrons. The third-order valence-electron chi connectivity index (χ3n) is 5.17.